The highest BCUT2D eigenvalue weighted by Crippen LogP contribution is 2.55. The predicted molar refractivity (Wildman–Crippen MR) is 180 cm³/mol. The van der Waals surface area contributed by atoms with Gasteiger partial charge in [-0.1, -0.05) is 54.6 Å². The third-order valence-corrected chi connectivity index (χ3v) is 8.55. The Morgan fingerprint density at radius 2 is 1.04 bits per heavy atom. The highest BCUT2D eigenvalue weighted by molar-refractivity contribution is 5.97. The van der Waals surface area contributed by atoms with Crippen LogP contribution in [0, 0.1) is 0 Å². The molecule has 0 radical (unpaired) electrons. The van der Waals surface area contributed by atoms with E-state index in [1.54, 1.807) is 12.4 Å². The number of hydrogen-bond acceptors (Lipinski definition) is 6. The van der Waals surface area contributed by atoms with Crippen molar-refractivity contribution in [3.63, 3.8) is 0 Å². The number of pyridine rings is 4. The lowest BCUT2D eigenvalue weighted by atomic mass is 9.88. The second-order valence-electron chi connectivity index (χ2n) is 11.2. The molecule has 3 aromatic carbocycles. The van der Waals surface area contributed by atoms with Crippen molar-refractivity contribution in [2.24, 2.45) is 0 Å². The van der Waals surface area contributed by atoms with E-state index in [-0.39, 0.29) is 6.17 Å². The molecular weight excluding hydrogens is 552 g/mol. The highest BCUT2D eigenvalue weighted by atomic mass is 15.3. The van der Waals surface area contributed by atoms with Gasteiger partial charge in [-0.15, -0.1) is 0 Å². The summed E-state index contributed by atoms with van der Waals surface area (Å²) in [4.78, 5) is 21.5. The quantitative estimate of drug-likeness (QED) is 0.225. The summed E-state index contributed by atoms with van der Waals surface area (Å²) < 4.78 is 0. The molecule has 1 unspecified atom stereocenters. The number of benzene rings is 3. The molecule has 45 heavy (non-hydrogen) atoms. The molecule has 0 saturated heterocycles. The molecule has 4 aromatic heterocycles. The van der Waals surface area contributed by atoms with E-state index in [2.05, 4.69) is 105 Å². The Morgan fingerprint density at radius 3 is 1.71 bits per heavy atom. The lowest BCUT2D eigenvalue weighted by molar-refractivity contribution is 0.819. The molecule has 0 spiro atoms. The molecule has 1 atom stereocenters. The summed E-state index contributed by atoms with van der Waals surface area (Å²) >= 11 is 0. The first-order valence-electron chi connectivity index (χ1n) is 15.0. The largest absolute Gasteiger partial charge is 0.359 e. The van der Waals surface area contributed by atoms with E-state index in [0.29, 0.717) is 0 Å². The summed E-state index contributed by atoms with van der Waals surface area (Å²) in [6, 6.07) is 46.0. The maximum Gasteiger partial charge on any atom is 0.131 e. The van der Waals surface area contributed by atoms with Crippen LogP contribution in [-0.2, 0) is 0 Å². The molecule has 0 fully saturated rings. The standard InChI is InChI=1S/C39H26N6/c1-2-16-38-36(11-1)44-39-27-19-17-25(30-12-7-14-34(42-30)32-9-3-5-21-40-32)23-28(27)29-24-26(18-20-37(29)45(38)39)31-13-8-15-35(43-31)33-10-4-6-22-41-33/h1-24,39,44H. The van der Waals surface area contributed by atoms with Crippen molar-refractivity contribution in [2.45, 2.75) is 6.17 Å². The van der Waals surface area contributed by atoms with Gasteiger partial charge in [-0.2, -0.15) is 0 Å². The molecule has 0 aliphatic carbocycles. The van der Waals surface area contributed by atoms with Crippen LogP contribution in [-0.4, -0.2) is 19.9 Å². The number of aromatic nitrogens is 4. The monoisotopic (exact) mass is 578 g/mol. The molecule has 0 amide bonds. The van der Waals surface area contributed by atoms with Gasteiger partial charge in [0.25, 0.3) is 0 Å². The summed E-state index contributed by atoms with van der Waals surface area (Å²) in [7, 11) is 0. The molecule has 0 bridgehead atoms. The van der Waals surface area contributed by atoms with Gasteiger partial charge in [-0.3, -0.25) is 9.97 Å². The SMILES string of the molecule is c1ccc(-c2cccc(-c3ccc4c(c3)-c3cc(-c5cccc(-c6ccccn6)n5)ccc3N3c5ccccc5NC43)n2)nc1. The van der Waals surface area contributed by atoms with Gasteiger partial charge in [-0.25, -0.2) is 9.97 Å². The van der Waals surface area contributed by atoms with Crippen molar-refractivity contribution in [1.82, 2.24) is 19.9 Å². The number of rotatable bonds is 4. The van der Waals surface area contributed by atoms with Crippen LogP contribution in [0.3, 0.4) is 0 Å². The molecule has 7 aromatic rings. The fourth-order valence-corrected chi connectivity index (χ4v) is 6.46. The van der Waals surface area contributed by atoms with Crippen LogP contribution in [0.4, 0.5) is 17.1 Å². The lowest BCUT2D eigenvalue weighted by Gasteiger charge is -2.36. The molecule has 0 saturated carbocycles. The Kier molecular flexibility index (Phi) is 5.77. The van der Waals surface area contributed by atoms with Crippen LogP contribution < -0.4 is 10.2 Å². The Balaban J connectivity index is 1.20. The van der Waals surface area contributed by atoms with Gasteiger partial charge in [0.1, 0.15) is 6.17 Å². The average Bonchev–Trinajstić information content (AvgIpc) is 3.52. The van der Waals surface area contributed by atoms with Crippen molar-refractivity contribution < 1.29 is 0 Å². The van der Waals surface area contributed by atoms with Gasteiger partial charge in [0.15, 0.2) is 0 Å². The number of nitrogens with zero attached hydrogens (tertiary/aromatic N) is 5. The van der Waals surface area contributed by atoms with Gasteiger partial charge >= 0.3 is 0 Å². The topological polar surface area (TPSA) is 66.8 Å². The molecular formula is C39H26N6. The minimum atomic E-state index is -0.0109. The van der Waals surface area contributed by atoms with Gasteiger partial charge < -0.3 is 10.2 Å². The number of para-hydroxylation sites is 2. The van der Waals surface area contributed by atoms with Crippen LogP contribution in [0.2, 0.25) is 0 Å². The van der Waals surface area contributed by atoms with Crippen LogP contribution in [0.15, 0.2) is 146 Å². The van der Waals surface area contributed by atoms with Crippen LogP contribution >= 0.6 is 0 Å². The van der Waals surface area contributed by atoms with E-state index >= 15 is 0 Å². The molecule has 212 valence electrons. The summed E-state index contributed by atoms with van der Waals surface area (Å²) in [6.45, 7) is 0. The van der Waals surface area contributed by atoms with E-state index in [9.17, 15) is 0 Å². The van der Waals surface area contributed by atoms with E-state index in [1.807, 2.05) is 48.5 Å². The zero-order valence-corrected chi connectivity index (χ0v) is 24.2. The molecule has 9 rings (SSSR count). The minimum absolute atomic E-state index is 0.0109. The summed E-state index contributed by atoms with van der Waals surface area (Å²) in [5.41, 5.74) is 14.4. The van der Waals surface area contributed by atoms with Crippen molar-refractivity contribution in [2.75, 3.05) is 10.2 Å². The Hall–Kier alpha value is -6.14. The zero-order chi connectivity index (χ0) is 29.7. The van der Waals surface area contributed by atoms with Crippen molar-refractivity contribution in [1.29, 1.82) is 0 Å². The molecule has 2 aliphatic rings. The third-order valence-electron chi connectivity index (χ3n) is 8.55. The zero-order valence-electron chi connectivity index (χ0n) is 24.2. The fourth-order valence-electron chi connectivity index (χ4n) is 6.46. The van der Waals surface area contributed by atoms with Gasteiger partial charge in [0.05, 0.1) is 51.2 Å². The van der Waals surface area contributed by atoms with Crippen LogP contribution in [0.5, 0.6) is 0 Å². The van der Waals surface area contributed by atoms with E-state index < -0.39 is 0 Å². The van der Waals surface area contributed by atoms with Crippen molar-refractivity contribution in [3.8, 4) is 56.4 Å². The second kappa shape index (κ2) is 10.2. The molecule has 6 heteroatoms. The molecule has 6 heterocycles. The van der Waals surface area contributed by atoms with Gasteiger partial charge in [0, 0.05) is 34.6 Å². The first-order chi connectivity index (χ1) is 22.3. The third kappa shape index (κ3) is 4.26. The first kappa shape index (κ1) is 25.4. The van der Waals surface area contributed by atoms with E-state index in [4.69, 9.17) is 9.97 Å². The van der Waals surface area contributed by atoms with E-state index in [0.717, 1.165) is 62.2 Å². The molecule has 6 nitrogen and oxygen atoms in total. The number of anilines is 3. The predicted octanol–water partition coefficient (Wildman–Crippen LogP) is 9.18. The van der Waals surface area contributed by atoms with E-state index in [1.165, 1.54) is 16.8 Å². The summed E-state index contributed by atoms with van der Waals surface area (Å²) in [5.74, 6) is 0. The Morgan fingerprint density at radius 1 is 0.467 bits per heavy atom. The first-order valence-corrected chi connectivity index (χ1v) is 15.0. The van der Waals surface area contributed by atoms with Crippen LogP contribution in [0.25, 0.3) is 56.4 Å². The van der Waals surface area contributed by atoms with Crippen molar-refractivity contribution >= 4 is 17.1 Å². The molecule has 2 aliphatic heterocycles. The summed E-state index contributed by atoms with van der Waals surface area (Å²) in [5, 5.41) is 3.78. The van der Waals surface area contributed by atoms with Crippen LogP contribution in [0.1, 0.15) is 11.7 Å². The lowest BCUT2D eigenvalue weighted by Crippen LogP contribution is -2.27. The maximum atomic E-state index is 5.02. The molecule has 1 N–H and O–H groups in total. The smallest absolute Gasteiger partial charge is 0.131 e. The Labute approximate surface area is 260 Å². The maximum absolute atomic E-state index is 5.02. The van der Waals surface area contributed by atoms with Gasteiger partial charge in [0.2, 0.25) is 0 Å². The van der Waals surface area contributed by atoms with Crippen molar-refractivity contribution in [3.05, 3.63) is 151 Å². The fraction of sp³-hybridized carbons (Fsp3) is 0.0256. The normalized spacial score (nSPS) is 14.1. The number of fused-ring (bicyclic) bond motifs is 8. The number of hydrogen-bond donors (Lipinski definition) is 1. The summed E-state index contributed by atoms with van der Waals surface area (Å²) in [6.07, 6.45) is 3.59. The number of nitrogens with one attached hydrogen (secondary N) is 1. The minimum Gasteiger partial charge on any atom is -0.359 e. The second-order valence-corrected chi connectivity index (χ2v) is 11.2. The average molecular weight is 579 g/mol. The van der Waals surface area contributed by atoms with Gasteiger partial charge in [-0.05, 0) is 84.4 Å². The highest BCUT2D eigenvalue weighted by Gasteiger charge is 2.38. The Bertz CT molecular complexity index is 2210.